The number of nitriles is 1. The van der Waals surface area contributed by atoms with E-state index in [0.29, 0.717) is 32.2 Å². The maximum atomic E-state index is 15.6. The first-order valence-electron chi connectivity index (χ1n) is 19.3. The molecule has 298 valence electrons. The van der Waals surface area contributed by atoms with Gasteiger partial charge < -0.3 is 34.1 Å². The molecule has 1 N–H and O–H groups in total. The fourth-order valence-electron chi connectivity index (χ4n) is 7.68. The van der Waals surface area contributed by atoms with Gasteiger partial charge in [-0.15, -0.1) is 0 Å². The van der Waals surface area contributed by atoms with Crippen LogP contribution in [0.1, 0.15) is 61.6 Å². The number of amides is 2. The van der Waals surface area contributed by atoms with Crippen LogP contribution in [0.5, 0.6) is 0 Å². The van der Waals surface area contributed by atoms with E-state index in [0.717, 1.165) is 57.9 Å². The summed E-state index contributed by atoms with van der Waals surface area (Å²) in [6.45, 7) is 9.05. The largest absolute Gasteiger partial charge is 0.370 e. The first-order chi connectivity index (χ1) is 27.3. The molecule has 2 amide bonds. The van der Waals surface area contributed by atoms with Gasteiger partial charge in [0.25, 0.3) is 5.91 Å². The van der Waals surface area contributed by atoms with Gasteiger partial charge in [0.05, 0.1) is 35.1 Å². The predicted octanol–water partition coefficient (Wildman–Crippen LogP) is 6.24. The Balaban J connectivity index is 1.21. The molecule has 2 aromatic carbocycles. The molecule has 13 heteroatoms. The predicted molar refractivity (Wildman–Crippen MR) is 213 cm³/mol. The van der Waals surface area contributed by atoms with Crippen LogP contribution in [0, 0.1) is 32.1 Å². The molecule has 2 unspecified atom stereocenters. The Hall–Kier alpha value is -5.87. The lowest BCUT2D eigenvalue weighted by Gasteiger charge is -2.43. The van der Waals surface area contributed by atoms with E-state index in [-0.39, 0.29) is 48.3 Å². The van der Waals surface area contributed by atoms with Crippen molar-refractivity contribution in [1.82, 2.24) is 20.3 Å². The van der Waals surface area contributed by atoms with Crippen LogP contribution in [0.2, 0.25) is 0 Å². The molecular formula is C44H49FN6O6. The number of hydrogen-bond donors (Lipinski definition) is 1. The van der Waals surface area contributed by atoms with Crippen molar-refractivity contribution in [2.75, 3.05) is 38.6 Å². The number of aryl methyl sites for hydroxylation is 3. The molecule has 2 aliphatic carbocycles. The van der Waals surface area contributed by atoms with E-state index in [9.17, 15) is 24.4 Å². The summed E-state index contributed by atoms with van der Waals surface area (Å²) in [6.07, 6.45) is 5.09. The van der Waals surface area contributed by atoms with Crippen LogP contribution in [0.25, 0.3) is 11.1 Å². The average Bonchev–Trinajstić information content (AvgIpc) is 3.96. The Morgan fingerprint density at radius 2 is 1.88 bits per heavy atom. The van der Waals surface area contributed by atoms with Gasteiger partial charge in [0.1, 0.15) is 30.2 Å². The zero-order valence-electron chi connectivity index (χ0n) is 33.3. The van der Waals surface area contributed by atoms with Crippen LogP contribution >= 0.6 is 0 Å². The first-order valence-corrected chi connectivity index (χ1v) is 19.3. The molecule has 0 spiro atoms. The molecule has 1 saturated heterocycles. The molecule has 0 radical (unpaired) electrons. The maximum Gasteiger partial charge on any atom is 0.254 e. The number of ether oxygens (including phenoxy) is 1. The van der Waals surface area contributed by atoms with Crippen LogP contribution in [0.3, 0.4) is 0 Å². The lowest BCUT2D eigenvalue weighted by molar-refractivity contribution is -0.136. The Morgan fingerprint density at radius 3 is 2.47 bits per heavy atom. The smallest absolute Gasteiger partial charge is 0.254 e. The Kier molecular flexibility index (Phi) is 12.2. The van der Waals surface area contributed by atoms with Crippen molar-refractivity contribution < 1.29 is 32.8 Å². The van der Waals surface area contributed by atoms with Gasteiger partial charge in [-0.3, -0.25) is 14.4 Å². The second-order valence-corrected chi connectivity index (χ2v) is 15.2. The van der Waals surface area contributed by atoms with E-state index in [1.54, 1.807) is 4.90 Å². The number of likely N-dealkylation sites (tertiary alicyclic amines) is 1. The average molecular weight is 777 g/mol. The summed E-state index contributed by atoms with van der Waals surface area (Å²) < 4.78 is 27.7. The summed E-state index contributed by atoms with van der Waals surface area (Å²) in [5.74, 6) is -0.914. The van der Waals surface area contributed by atoms with Crippen molar-refractivity contribution in [2.24, 2.45) is 0 Å². The van der Waals surface area contributed by atoms with Gasteiger partial charge in [0, 0.05) is 68.2 Å². The molecule has 2 heterocycles. The molecule has 2 atom stereocenters. The van der Waals surface area contributed by atoms with Gasteiger partial charge in [0.15, 0.2) is 0 Å². The van der Waals surface area contributed by atoms with Crippen molar-refractivity contribution in [1.29, 1.82) is 5.26 Å². The van der Waals surface area contributed by atoms with Crippen LogP contribution < -0.4 is 10.2 Å². The minimum Gasteiger partial charge on any atom is -0.370 e. The van der Waals surface area contributed by atoms with E-state index in [1.807, 2.05) is 32.9 Å². The van der Waals surface area contributed by atoms with Crippen molar-refractivity contribution in [3.8, 4) is 17.2 Å². The summed E-state index contributed by atoms with van der Waals surface area (Å²) in [5.41, 5.74) is 6.54. The normalized spacial score (nSPS) is 17.3. The number of aldehydes is 2. The zero-order valence-corrected chi connectivity index (χ0v) is 33.3. The van der Waals surface area contributed by atoms with Crippen LogP contribution in [-0.2, 0) is 29.3 Å². The number of nitrogens with zero attached hydrogens (tertiary/aromatic N) is 5. The molecule has 1 aliphatic heterocycles. The molecule has 1 saturated carbocycles. The number of rotatable bonds is 16. The molecule has 3 aliphatic rings. The highest BCUT2D eigenvalue weighted by Crippen LogP contribution is 2.48. The third-order valence-corrected chi connectivity index (χ3v) is 11.2. The van der Waals surface area contributed by atoms with Gasteiger partial charge in [-0.25, -0.2) is 4.39 Å². The molecule has 2 fully saturated rings. The lowest BCUT2D eigenvalue weighted by Crippen LogP contribution is -2.53. The van der Waals surface area contributed by atoms with Crippen LogP contribution in [0.4, 0.5) is 15.8 Å². The number of hydrogen-bond acceptors (Lipinski definition) is 10. The molecule has 0 bridgehead atoms. The molecule has 57 heavy (non-hydrogen) atoms. The van der Waals surface area contributed by atoms with E-state index in [1.165, 1.54) is 31.1 Å². The monoisotopic (exact) mass is 776 g/mol. The highest BCUT2D eigenvalue weighted by molar-refractivity contribution is 6.03. The lowest BCUT2D eigenvalue weighted by atomic mass is 9.97. The highest BCUT2D eigenvalue weighted by Gasteiger charge is 2.45. The first kappa shape index (κ1) is 40.8. The SMILES string of the molecule is CNC(=O)C(CCC=O)N(C)C(=O)C1=C(C=O)CC=C(F)C(N2CC(OC(C)CN(c3ccc(C4(C#N)CC4)cc3)c3cc(-c4c(C)noc4C)ccc3C)C2)=C1. The summed E-state index contributed by atoms with van der Waals surface area (Å²) in [7, 11) is 2.87. The summed E-state index contributed by atoms with van der Waals surface area (Å²) >= 11 is 0. The van der Waals surface area contributed by atoms with Crippen LogP contribution in [0.15, 0.2) is 81.8 Å². The molecule has 6 rings (SSSR count). The third-order valence-electron chi connectivity index (χ3n) is 11.2. The summed E-state index contributed by atoms with van der Waals surface area (Å²) in [6, 6.07) is 16.0. The van der Waals surface area contributed by atoms with Crippen molar-refractivity contribution >= 4 is 35.8 Å². The second kappa shape index (κ2) is 17.1. The third kappa shape index (κ3) is 8.46. The number of halogens is 1. The minimum atomic E-state index is -0.957. The number of carbonyl (C=O) groups is 4. The number of benzene rings is 2. The standard InChI is InChI=1S/C44H49FN6O6/c1-27-9-10-31(41-29(3)48-57-30(41)4)20-39(27)51(34-14-12-33(13-15-34)44(26-46)17-18-44)22-28(2)56-35-23-50(24-35)40-21-36(32(25-53)11-16-37(40)45)43(55)49(6)38(8-7-19-52)42(54)47-5/h9-10,12-16,19-21,25,28,35,38H,7-8,11,17-18,22-24H2,1-6H3,(H,47,54). The van der Waals surface area contributed by atoms with Gasteiger partial charge in [-0.2, -0.15) is 5.26 Å². The van der Waals surface area contributed by atoms with Crippen molar-refractivity contribution in [3.05, 3.63) is 99.9 Å². The van der Waals surface area contributed by atoms with Gasteiger partial charge in [-0.05, 0) is 100 Å². The van der Waals surface area contributed by atoms with E-state index < -0.39 is 29.1 Å². The van der Waals surface area contributed by atoms with Gasteiger partial charge in [-0.1, -0.05) is 29.4 Å². The number of nitrogens with one attached hydrogen (secondary N) is 1. The number of allylic oxidation sites excluding steroid dienone is 3. The molecule has 1 aromatic heterocycles. The summed E-state index contributed by atoms with van der Waals surface area (Å²) in [5, 5.41) is 16.5. The Labute approximate surface area is 332 Å². The highest BCUT2D eigenvalue weighted by atomic mass is 19.1. The number of aromatic nitrogens is 1. The van der Waals surface area contributed by atoms with E-state index in [4.69, 9.17) is 9.26 Å². The van der Waals surface area contributed by atoms with Gasteiger partial charge in [0.2, 0.25) is 5.91 Å². The van der Waals surface area contributed by atoms with E-state index >= 15 is 4.39 Å². The maximum absolute atomic E-state index is 15.6. The quantitative estimate of drug-likeness (QED) is 0.166. The number of carbonyl (C=O) groups excluding carboxylic acids is 4. The minimum absolute atomic E-state index is 0.0117. The molecule has 3 aromatic rings. The van der Waals surface area contributed by atoms with Crippen molar-refractivity contribution in [3.63, 3.8) is 0 Å². The molecule has 12 nitrogen and oxygen atoms in total. The fourth-order valence-corrected chi connectivity index (χ4v) is 7.68. The van der Waals surface area contributed by atoms with Crippen LogP contribution in [-0.4, -0.2) is 91.3 Å². The zero-order chi connectivity index (χ0) is 41.0. The Morgan fingerprint density at radius 1 is 1.16 bits per heavy atom. The topological polar surface area (TPSA) is 149 Å². The summed E-state index contributed by atoms with van der Waals surface area (Å²) in [4.78, 5) is 54.8. The molecular weight excluding hydrogens is 728 g/mol. The van der Waals surface area contributed by atoms with Crippen molar-refractivity contribution in [2.45, 2.75) is 83.5 Å². The number of anilines is 2. The Bertz CT molecular complexity index is 2150. The fraction of sp³-hybridized carbons (Fsp3) is 0.409. The van der Waals surface area contributed by atoms with Gasteiger partial charge >= 0.3 is 0 Å². The second-order valence-electron chi connectivity index (χ2n) is 15.2. The van der Waals surface area contributed by atoms with E-state index in [2.05, 4.69) is 58.7 Å². The number of likely N-dealkylation sites (N-methyl/N-ethyl adjacent to an activating group) is 2.